The monoisotopic (exact) mass is 511 g/mol. The number of nitrogens with one attached hydrogen (secondary N) is 1. The van der Waals surface area contributed by atoms with Crippen LogP contribution in [0.3, 0.4) is 0 Å². The van der Waals surface area contributed by atoms with Crippen molar-refractivity contribution in [3.8, 4) is 16.9 Å². The van der Waals surface area contributed by atoms with Crippen molar-refractivity contribution < 1.29 is 14.2 Å². The van der Waals surface area contributed by atoms with Gasteiger partial charge in [0.05, 0.1) is 5.88 Å². The molecule has 0 bridgehead atoms. The molecule has 0 aliphatic carbocycles. The maximum Gasteiger partial charge on any atom is 0.434 e. The first-order valence-corrected chi connectivity index (χ1v) is 15.2. The molecule has 10 heteroatoms. The zero-order valence-electron chi connectivity index (χ0n) is 19.0. The SMILES string of the molecule is CCP(=S)(Oc1ccc(-c2ccccc2)cc1)N(SCNC(=O)O/N=C(\C)SC)C(C)C. The molecule has 6 nitrogen and oxygen atoms in total. The molecule has 0 fully saturated rings. The van der Waals surface area contributed by atoms with Crippen LogP contribution >= 0.6 is 30.1 Å². The molecule has 0 aliphatic rings. The van der Waals surface area contributed by atoms with Crippen LogP contribution in [0.5, 0.6) is 5.75 Å². The Morgan fingerprint density at radius 3 is 2.34 bits per heavy atom. The predicted molar refractivity (Wildman–Crippen MR) is 143 cm³/mol. The molecule has 174 valence electrons. The van der Waals surface area contributed by atoms with Gasteiger partial charge < -0.3 is 9.84 Å². The van der Waals surface area contributed by atoms with Crippen molar-refractivity contribution in [3.05, 3.63) is 54.6 Å². The molecular weight excluding hydrogens is 481 g/mol. The summed E-state index contributed by atoms with van der Waals surface area (Å²) >= 11 is 8.86. The highest BCUT2D eigenvalue weighted by atomic mass is 32.5. The smallest absolute Gasteiger partial charge is 0.434 e. The molecule has 0 aliphatic heterocycles. The Morgan fingerprint density at radius 2 is 1.78 bits per heavy atom. The van der Waals surface area contributed by atoms with Gasteiger partial charge in [-0.3, -0.25) is 4.84 Å². The van der Waals surface area contributed by atoms with E-state index in [-0.39, 0.29) is 6.04 Å². The summed E-state index contributed by atoms with van der Waals surface area (Å²) in [6.45, 7) is 7.94. The third-order valence-electron chi connectivity index (χ3n) is 4.32. The summed E-state index contributed by atoms with van der Waals surface area (Å²) < 4.78 is 8.47. The second-order valence-electron chi connectivity index (χ2n) is 6.98. The molecule has 32 heavy (non-hydrogen) atoms. The van der Waals surface area contributed by atoms with E-state index in [0.29, 0.717) is 17.1 Å². The normalized spacial score (nSPS) is 13.7. The molecule has 0 radical (unpaired) electrons. The number of hydrogen-bond donors (Lipinski definition) is 1. The number of benzene rings is 2. The summed E-state index contributed by atoms with van der Waals surface area (Å²) in [5.74, 6) is 1.05. The van der Waals surface area contributed by atoms with Gasteiger partial charge in [-0.25, -0.2) is 4.79 Å². The van der Waals surface area contributed by atoms with Crippen molar-refractivity contribution in [1.29, 1.82) is 0 Å². The Bertz CT molecular complexity index is 940. The first kappa shape index (κ1) is 26.7. The van der Waals surface area contributed by atoms with Crippen LogP contribution in [0.25, 0.3) is 11.1 Å². The Labute approximate surface area is 204 Å². The molecule has 2 aromatic carbocycles. The number of carbonyl (C=O) groups excluding carboxylic acids is 1. The van der Waals surface area contributed by atoms with E-state index in [9.17, 15) is 4.79 Å². The van der Waals surface area contributed by atoms with Crippen LogP contribution < -0.4 is 9.84 Å². The zero-order valence-corrected chi connectivity index (χ0v) is 22.3. The van der Waals surface area contributed by atoms with Crippen molar-refractivity contribution in [1.82, 2.24) is 9.39 Å². The highest BCUT2D eigenvalue weighted by Gasteiger charge is 2.30. The van der Waals surface area contributed by atoms with Crippen LogP contribution in [-0.4, -0.2) is 39.5 Å². The van der Waals surface area contributed by atoms with Gasteiger partial charge in [-0.15, -0.1) is 11.8 Å². The minimum atomic E-state index is -2.36. The van der Waals surface area contributed by atoms with E-state index in [0.717, 1.165) is 16.9 Å². The van der Waals surface area contributed by atoms with Gasteiger partial charge in [-0.2, -0.15) is 4.08 Å². The third-order valence-corrected chi connectivity index (χ3v) is 11.3. The summed E-state index contributed by atoms with van der Waals surface area (Å²) in [6, 6.07) is 18.3. The van der Waals surface area contributed by atoms with Gasteiger partial charge in [0.1, 0.15) is 10.8 Å². The molecule has 1 atom stereocenters. The lowest BCUT2D eigenvalue weighted by Crippen LogP contribution is -2.29. The zero-order chi connectivity index (χ0) is 23.6. The number of amides is 1. The van der Waals surface area contributed by atoms with E-state index in [4.69, 9.17) is 21.2 Å². The molecular formula is C22H30N3O3PS3. The third kappa shape index (κ3) is 8.12. The van der Waals surface area contributed by atoms with E-state index in [1.807, 2.05) is 55.6 Å². The standard InChI is InChI=1S/C22H30N3O3PS3/c1-6-29(30,25(17(2)3)32-16-23-22(26)27-24-18(4)31-5)28-21-14-12-20(13-15-21)19-10-8-7-9-11-19/h7-15,17H,6,16H2,1-5H3,(H,23,26)/b24-18+. The van der Waals surface area contributed by atoms with E-state index < -0.39 is 12.5 Å². The molecule has 0 spiro atoms. The molecule has 0 saturated heterocycles. The van der Waals surface area contributed by atoms with E-state index in [1.165, 1.54) is 23.7 Å². The van der Waals surface area contributed by atoms with Crippen LogP contribution in [0.15, 0.2) is 59.8 Å². The van der Waals surface area contributed by atoms with Gasteiger partial charge in [0.15, 0.2) is 6.42 Å². The molecule has 2 rings (SSSR count). The fourth-order valence-electron chi connectivity index (χ4n) is 2.67. The molecule has 0 heterocycles. The highest BCUT2D eigenvalue weighted by molar-refractivity contribution is 8.17. The second-order valence-corrected chi connectivity index (χ2v) is 13.4. The predicted octanol–water partition coefficient (Wildman–Crippen LogP) is 6.80. The number of hydrogen-bond acceptors (Lipinski definition) is 7. The van der Waals surface area contributed by atoms with Gasteiger partial charge in [0.2, 0.25) is 0 Å². The maximum absolute atomic E-state index is 11.8. The molecule has 1 unspecified atom stereocenters. The van der Waals surface area contributed by atoms with Crippen LogP contribution in [0.4, 0.5) is 4.79 Å². The van der Waals surface area contributed by atoms with E-state index >= 15 is 0 Å². The molecule has 0 saturated carbocycles. The number of oxime groups is 1. The summed E-state index contributed by atoms with van der Waals surface area (Å²) in [5, 5.41) is 7.10. The fourth-order valence-corrected chi connectivity index (χ4v) is 7.61. The minimum Gasteiger partial charge on any atom is -0.452 e. The number of nitrogens with zero attached hydrogens (tertiary/aromatic N) is 2. The maximum atomic E-state index is 11.8. The largest absolute Gasteiger partial charge is 0.452 e. The Balaban J connectivity index is 2.03. The van der Waals surface area contributed by atoms with E-state index in [2.05, 4.69) is 40.5 Å². The summed E-state index contributed by atoms with van der Waals surface area (Å²) in [5.41, 5.74) is 2.28. The van der Waals surface area contributed by atoms with Gasteiger partial charge in [0.25, 0.3) is 0 Å². The van der Waals surface area contributed by atoms with Gasteiger partial charge in [-0.05, 0) is 74.0 Å². The average molecular weight is 512 g/mol. The number of rotatable bonds is 10. The van der Waals surface area contributed by atoms with Crippen molar-refractivity contribution in [2.75, 3.05) is 18.3 Å². The first-order chi connectivity index (χ1) is 15.3. The van der Waals surface area contributed by atoms with Crippen LogP contribution in [0.2, 0.25) is 0 Å². The summed E-state index contributed by atoms with van der Waals surface area (Å²) in [7, 11) is 0. The lowest BCUT2D eigenvalue weighted by atomic mass is 10.1. The first-order valence-electron chi connectivity index (χ1n) is 10.2. The van der Waals surface area contributed by atoms with Crippen LogP contribution in [0, 0.1) is 0 Å². The average Bonchev–Trinajstić information content (AvgIpc) is 2.80. The Hall–Kier alpha value is -1.51. The van der Waals surface area contributed by atoms with Gasteiger partial charge in [0, 0.05) is 12.2 Å². The second kappa shape index (κ2) is 13.3. The minimum absolute atomic E-state index is 0.129. The highest BCUT2D eigenvalue weighted by Crippen LogP contribution is 2.55. The molecule has 0 aromatic heterocycles. The fraction of sp³-hybridized carbons (Fsp3) is 0.364. The van der Waals surface area contributed by atoms with Gasteiger partial charge >= 0.3 is 6.09 Å². The lowest BCUT2D eigenvalue weighted by molar-refractivity contribution is 0.153. The number of carbonyl (C=O) groups is 1. The molecule has 1 N–H and O–H groups in total. The quantitative estimate of drug-likeness (QED) is 0.0716. The van der Waals surface area contributed by atoms with Crippen molar-refractivity contribution >= 4 is 53.1 Å². The summed E-state index contributed by atoms with van der Waals surface area (Å²) in [4.78, 5) is 16.7. The van der Waals surface area contributed by atoms with E-state index in [1.54, 1.807) is 6.92 Å². The van der Waals surface area contributed by atoms with Crippen molar-refractivity contribution in [2.24, 2.45) is 5.16 Å². The topological polar surface area (TPSA) is 63.2 Å². The summed E-state index contributed by atoms with van der Waals surface area (Å²) in [6.07, 6.45) is -0.410. The Kier molecular flexibility index (Phi) is 11.1. The van der Waals surface area contributed by atoms with Crippen LogP contribution in [0.1, 0.15) is 27.7 Å². The molecule has 2 aromatic rings. The van der Waals surface area contributed by atoms with Crippen molar-refractivity contribution in [3.63, 3.8) is 0 Å². The lowest BCUT2D eigenvalue weighted by Gasteiger charge is -2.35. The van der Waals surface area contributed by atoms with Crippen LogP contribution in [-0.2, 0) is 16.6 Å². The number of thioether (sulfide) groups is 1. The van der Waals surface area contributed by atoms with Gasteiger partial charge in [-0.1, -0.05) is 54.5 Å². The molecule has 1 amide bonds. The Morgan fingerprint density at radius 1 is 1.16 bits per heavy atom. The van der Waals surface area contributed by atoms with Crippen molar-refractivity contribution in [2.45, 2.75) is 33.7 Å².